The smallest absolute Gasteiger partial charge is 0.343 e. The van der Waals surface area contributed by atoms with Crippen molar-refractivity contribution in [3.05, 3.63) is 40.9 Å². The van der Waals surface area contributed by atoms with Crippen LogP contribution in [0.15, 0.2) is 39.7 Å². The van der Waals surface area contributed by atoms with Gasteiger partial charge in [-0.05, 0) is 67.1 Å². The molecule has 0 spiro atoms. The van der Waals surface area contributed by atoms with Gasteiger partial charge in [-0.3, -0.25) is 4.79 Å². The molecule has 4 bridgehead atoms. The Kier molecular flexibility index (Phi) is 2.59. The molecule has 1 aromatic heterocycles. The molecule has 1 aromatic carbocycles. The zero-order valence-corrected chi connectivity index (χ0v) is 12.9. The topological polar surface area (TPSA) is 59.3 Å². The molecule has 4 aliphatic carbocycles. The van der Waals surface area contributed by atoms with E-state index in [1.807, 2.05) is 6.07 Å². The van der Waals surface area contributed by atoms with Gasteiger partial charge in [0.15, 0.2) is 0 Å². The predicted octanol–water partition coefficient (Wildman–Crippen LogP) is 3.56. The first-order valence-corrected chi connectivity index (χ1v) is 8.45. The predicted molar refractivity (Wildman–Crippen MR) is 87.1 cm³/mol. The van der Waals surface area contributed by atoms with E-state index in [0.29, 0.717) is 17.5 Å². The summed E-state index contributed by atoms with van der Waals surface area (Å²) in [5.41, 5.74) is 0.604. The second kappa shape index (κ2) is 4.47. The highest BCUT2D eigenvalue weighted by Gasteiger charge is 2.62. The summed E-state index contributed by atoms with van der Waals surface area (Å²) in [7, 11) is 0. The molecule has 23 heavy (non-hydrogen) atoms. The van der Waals surface area contributed by atoms with E-state index in [9.17, 15) is 9.59 Å². The average molecular weight is 309 g/mol. The third kappa shape index (κ3) is 1.84. The number of hydrogen-bond donors (Lipinski definition) is 1. The lowest BCUT2D eigenvalue weighted by atomic mass is 9.77. The van der Waals surface area contributed by atoms with Crippen LogP contribution in [0.25, 0.3) is 10.8 Å². The van der Waals surface area contributed by atoms with E-state index in [1.165, 1.54) is 31.9 Å². The molecule has 1 heterocycles. The second-order valence-corrected chi connectivity index (χ2v) is 7.66. The van der Waals surface area contributed by atoms with Crippen LogP contribution in [-0.4, -0.2) is 5.91 Å². The summed E-state index contributed by atoms with van der Waals surface area (Å²) in [4.78, 5) is 24.4. The van der Waals surface area contributed by atoms with Crippen LogP contribution in [0.4, 0.5) is 5.69 Å². The molecule has 1 N–H and O–H groups in total. The second-order valence-electron chi connectivity index (χ2n) is 7.66. The SMILES string of the molecule is O=C(CC12CC3CC1CC3C2)Nc1cccc2c(=O)occc12. The standard InChI is InChI=1S/C19H19NO3/c21-17(10-19-8-11-6-13(19)7-12(11)9-19)20-16-3-1-2-15-14(16)4-5-23-18(15)22/h1-5,11-13H,6-10H2,(H,20,21). The summed E-state index contributed by atoms with van der Waals surface area (Å²) in [5.74, 6) is 2.62. The van der Waals surface area contributed by atoms with E-state index in [1.54, 1.807) is 18.2 Å². The Labute approximate surface area is 133 Å². The number of amides is 1. The number of carbonyl (C=O) groups excluding carboxylic acids is 1. The van der Waals surface area contributed by atoms with Crippen LogP contribution < -0.4 is 10.9 Å². The Morgan fingerprint density at radius 2 is 1.96 bits per heavy atom. The maximum atomic E-state index is 12.6. The summed E-state index contributed by atoms with van der Waals surface area (Å²) in [6, 6.07) is 7.10. The summed E-state index contributed by atoms with van der Waals surface area (Å²) >= 11 is 0. The Hall–Kier alpha value is -2.10. The molecule has 0 aliphatic heterocycles. The number of rotatable bonds is 3. The fraction of sp³-hybridized carbons (Fsp3) is 0.474. The minimum atomic E-state index is -0.368. The molecular weight excluding hydrogens is 290 g/mol. The summed E-state index contributed by atoms with van der Waals surface area (Å²) in [6.45, 7) is 0. The molecule has 4 aliphatic rings. The molecule has 2 aromatic rings. The number of carbonyl (C=O) groups is 1. The lowest BCUT2D eigenvalue weighted by molar-refractivity contribution is -0.118. The highest BCUT2D eigenvalue weighted by atomic mass is 16.4. The molecule has 1 amide bonds. The number of hydrogen-bond acceptors (Lipinski definition) is 3. The fourth-order valence-electron chi connectivity index (χ4n) is 5.73. The van der Waals surface area contributed by atoms with Gasteiger partial charge in [0.05, 0.1) is 11.6 Å². The van der Waals surface area contributed by atoms with Crippen molar-refractivity contribution in [1.29, 1.82) is 0 Å². The molecule has 0 radical (unpaired) electrons. The van der Waals surface area contributed by atoms with Gasteiger partial charge in [-0.2, -0.15) is 0 Å². The molecule has 4 fully saturated rings. The summed E-state index contributed by atoms with van der Waals surface area (Å²) in [5, 5.41) is 4.29. The van der Waals surface area contributed by atoms with Crippen LogP contribution in [0.1, 0.15) is 32.1 Å². The van der Waals surface area contributed by atoms with Gasteiger partial charge < -0.3 is 9.73 Å². The summed E-state index contributed by atoms with van der Waals surface area (Å²) < 4.78 is 4.90. The van der Waals surface area contributed by atoms with Crippen molar-refractivity contribution in [2.24, 2.45) is 23.2 Å². The van der Waals surface area contributed by atoms with Gasteiger partial charge in [-0.1, -0.05) is 6.07 Å². The van der Waals surface area contributed by atoms with Crippen LogP contribution in [0.5, 0.6) is 0 Å². The molecule has 4 heteroatoms. The lowest BCUT2D eigenvalue weighted by Gasteiger charge is -2.28. The number of benzene rings is 1. The Morgan fingerprint density at radius 1 is 1.17 bits per heavy atom. The third-order valence-electron chi connectivity index (χ3n) is 6.57. The minimum Gasteiger partial charge on any atom is -0.431 e. The van der Waals surface area contributed by atoms with E-state index in [0.717, 1.165) is 23.1 Å². The Bertz CT molecular complexity index is 854. The Morgan fingerprint density at radius 3 is 2.65 bits per heavy atom. The van der Waals surface area contributed by atoms with Gasteiger partial charge >= 0.3 is 5.63 Å². The van der Waals surface area contributed by atoms with Gasteiger partial charge in [-0.25, -0.2) is 4.79 Å². The first kappa shape index (κ1) is 13.3. The van der Waals surface area contributed by atoms with Crippen molar-refractivity contribution in [1.82, 2.24) is 0 Å². The molecule has 2 atom stereocenters. The van der Waals surface area contributed by atoms with E-state index in [4.69, 9.17) is 4.42 Å². The van der Waals surface area contributed by atoms with E-state index in [-0.39, 0.29) is 16.9 Å². The molecule has 4 saturated carbocycles. The van der Waals surface area contributed by atoms with Crippen molar-refractivity contribution in [2.45, 2.75) is 32.1 Å². The number of fused-ring (bicyclic) bond motifs is 1. The van der Waals surface area contributed by atoms with Crippen LogP contribution in [0.3, 0.4) is 0 Å². The van der Waals surface area contributed by atoms with Crippen molar-refractivity contribution < 1.29 is 9.21 Å². The number of anilines is 1. The average Bonchev–Trinajstić information content (AvgIpc) is 3.22. The quantitative estimate of drug-likeness (QED) is 0.943. The monoisotopic (exact) mass is 309 g/mol. The molecule has 2 unspecified atom stereocenters. The largest absolute Gasteiger partial charge is 0.431 e. The summed E-state index contributed by atoms with van der Waals surface area (Å²) in [6.07, 6.45) is 7.18. The van der Waals surface area contributed by atoms with Gasteiger partial charge in [-0.15, -0.1) is 0 Å². The van der Waals surface area contributed by atoms with Gasteiger partial charge in [0.1, 0.15) is 0 Å². The Balaban J connectivity index is 1.41. The van der Waals surface area contributed by atoms with Crippen molar-refractivity contribution >= 4 is 22.4 Å². The molecule has 118 valence electrons. The zero-order valence-electron chi connectivity index (χ0n) is 12.9. The van der Waals surface area contributed by atoms with Crippen molar-refractivity contribution in [3.63, 3.8) is 0 Å². The zero-order chi connectivity index (χ0) is 15.6. The van der Waals surface area contributed by atoms with Crippen LogP contribution in [0, 0.1) is 23.2 Å². The third-order valence-corrected chi connectivity index (χ3v) is 6.57. The van der Waals surface area contributed by atoms with Crippen molar-refractivity contribution in [3.8, 4) is 0 Å². The highest BCUT2D eigenvalue weighted by molar-refractivity contribution is 6.01. The van der Waals surface area contributed by atoms with Gasteiger partial charge in [0.2, 0.25) is 5.91 Å². The van der Waals surface area contributed by atoms with Gasteiger partial charge in [0.25, 0.3) is 0 Å². The first-order chi connectivity index (χ1) is 11.1. The van der Waals surface area contributed by atoms with E-state index >= 15 is 0 Å². The highest BCUT2D eigenvalue weighted by Crippen LogP contribution is 2.71. The molecular formula is C19H19NO3. The van der Waals surface area contributed by atoms with E-state index in [2.05, 4.69) is 5.32 Å². The van der Waals surface area contributed by atoms with Gasteiger partial charge in [0, 0.05) is 17.5 Å². The maximum Gasteiger partial charge on any atom is 0.343 e. The maximum absolute atomic E-state index is 12.6. The lowest BCUT2D eigenvalue weighted by Crippen LogP contribution is -2.27. The van der Waals surface area contributed by atoms with Crippen LogP contribution in [0.2, 0.25) is 0 Å². The molecule has 0 saturated heterocycles. The fourth-order valence-corrected chi connectivity index (χ4v) is 5.73. The van der Waals surface area contributed by atoms with Crippen molar-refractivity contribution in [2.75, 3.05) is 5.32 Å². The molecule has 6 rings (SSSR count). The van der Waals surface area contributed by atoms with Crippen LogP contribution >= 0.6 is 0 Å². The van der Waals surface area contributed by atoms with E-state index < -0.39 is 0 Å². The first-order valence-electron chi connectivity index (χ1n) is 8.45. The minimum absolute atomic E-state index is 0.0824. The normalized spacial score (nSPS) is 33.7. The molecule has 4 nitrogen and oxygen atoms in total. The number of nitrogens with one attached hydrogen (secondary N) is 1. The van der Waals surface area contributed by atoms with Crippen LogP contribution in [-0.2, 0) is 4.79 Å².